The van der Waals surface area contributed by atoms with Crippen LogP contribution in [-0.4, -0.2) is 24.1 Å². The number of nitrogens with two attached hydrogens (primary N) is 1. The van der Waals surface area contributed by atoms with E-state index >= 15 is 0 Å². The molecular formula is C14H23N3O. The molecule has 0 amide bonds. The summed E-state index contributed by atoms with van der Waals surface area (Å²) in [6, 6.07) is 6.01. The number of rotatable bonds is 5. The van der Waals surface area contributed by atoms with Crippen molar-refractivity contribution in [2.45, 2.75) is 27.7 Å². The van der Waals surface area contributed by atoms with Crippen molar-refractivity contribution in [2.75, 3.05) is 18.0 Å². The quantitative estimate of drug-likeness (QED) is 0.365. The van der Waals surface area contributed by atoms with E-state index in [2.05, 4.69) is 36.9 Å². The van der Waals surface area contributed by atoms with Gasteiger partial charge in [-0.3, -0.25) is 0 Å². The Hall–Kier alpha value is -1.71. The third kappa shape index (κ3) is 3.39. The van der Waals surface area contributed by atoms with Crippen molar-refractivity contribution in [3.05, 3.63) is 29.3 Å². The van der Waals surface area contributed by atoms with Gasteiger partial charge in [0.25, 0.3) is 0 Å². The van der Waals surface area contributed by atoms with Crippen molar-refractivity contribution in [2.24, 2.45) is 16.8 Å². The first kappa shape index (κ1) is 14.4. The molecule has 0 unspecified atom stereocenters. The van der Waals surface area contributed by atoms with Crippen LogP contribution in [0.5, 0.6) is 0 Å². The lowest BCUT2D eigenvalue weighted by molar-refractivity contribution is 0.318. The zero-order chi connectivity index (χ0) is 13.7. The van der Waals surface area contributed by atoms with E-state index in [1.54, 1.807) is 0 Å². The molecule has 0 aliphatic carbocycles. The number of oxime groups is 1. The minimum Gasteiger partial charge on any atom is -0.409 e. The van der Waals surface area contributed by atoms with Crippen LogP contribution in [0.15, 0.2) is 23.4 Å². The molecule has 0 bridgehead atoms. The number of anilines is 1. The molecule has 0 atom stereocenters. The summed E-state index contributed by atoms with van der Waals surface area (Å²) in [6.45, 7) is 10.5. The Kier molecular flexibility index (Phi) is 5.01. The summed E-state index contributed by atoms with van der Waals surface area (Å²) in [5.74, 6) is 0.778. The summed E-state index contributed by atoms with van der Waals surface area (Å²) in [4.78, 5) is 2.33. The molecule has 0 spiro atoms. The Morgan fingerprint density at radius 3 is 2.56 bits per heavy atom. The highest BCUT2D eigenvalue weighted by Crippen LogP contribution is 2.20. The van der Waals surface area contributed by atoms with Gasteiger partial charge in [-0.2, -0.15) is 0 Å². The van der Waals surface area contributed by atoms with Crippen LogP contribution in [0.4, 0.5) is 5.69 Å². The maximum atomic E-state index is 8.71. The van der Waals surface area contributed by atoms with Crippen molar-refractivity contribution >= 4 is 11.5 Å². The Morgan fingerprint density at radius 2 is 2.11 bits per heavy atom. The summed E-state index contributed by atoms with van der Waals surface area (Å²) >= 11 is 0. The molecule has 0 aliphatic rings. The minimum atomic E-state index is 0.158. The number of hydrogen-bond donors (Lipinski definition) is 2. The van der Waals surface area contributed by atoms with Crippen molar-refractivity contribution in [1.29, 1.82) is 0 Å². The standard InChI is InChI=1S/C14H23N3O/c1-5-17(9-10(2)3)12-6-7-13(11(4)8-12)14(15)16-18/h6-8,10,18H,5,9H2,1-4H3,(H2,15,16). The summed E-state index contributed by atoms with van der Waals surface area (Å²) in [5.41, 5.74) is 8.60. The second-order valence-corrected chi connectivity index (χ2v) is 4.92. The highest BCUT2D eigenvalue weighted by atomic mass is 16.4. The van der Waals surface area contributed by atoms with Gasteiger partial charge in [-0.25, -0.2) is 0 Å². The summed E-state index contributed by atoms with van der Waals surface area (Å²) < 4.78 is 0. The molecular weight excluding hydrogens is 226 g/mol. The monoisotopic (exact) mass is 249 g/mol. The van der Waals surface area contributed by atoms with Crippen LogP contribution in [0.1, 0.15) is 31.9 Å². The van der Waals surface area contributed by atoms with E-state index < -0.39 is 0 Å². The SMILES string of the molecule is CCN(CC(C)C)c1ccc(/C(N)=N/O)c(C)c1. The predicted octanol–water partition coefficient (Wildman–Crippen LogP) is 2.57. The van der Waals surface area contributed by atoms with Crippen molar-refractivity contribution in [3.63, 3.8) is 0 Å². The molecule has 1 aromatic carbocycles. The van der Waals surface area contributed by atoms with Crippen LogP contribution < -0.4 is 10.6 Å². The molecule has 1 aromatic rings. The predicted molar refractivity (Wildman–Crippen MR) is 76.4 cm³/mol. The number of aryl methyl sites for hydroxylation is 1. The lowest BCUT2D eigenvalue weighted by atomic mass is 10.1. The smallest absolute Gasteiger partial charge is 0.170 e. The number of nitrogens with zero attached hydrogens (tertiary/aromatic N) is 2. The summed E-state index contributed by atoms with van der Waals surface area (Å²) in [5, 5.41) is 11.8. The van der Waals surface area contributed by atoms with Crippen molar-refractivity contribution in [1.82, 2.24) is 0 Å². The van der Waals surface area contributed by atoms with Gasteiger partial charge in [-0.15, -0.1) is 0 Å². The Labute approximate surface area is 109 Å². The van der Waals surface area contributed by atoms with E-state index in [1.807, 2.05) is 19.1 Å². The van der Waals surface area contributed by atoms with Gasteiger partial charge in [0.2, 0.25) is 0 Å². The van der Waals surface area contributed by atoms with Crippen LogP contribution in [0.3, 0.4) is 0 Å². The molecule has 0 radical (unpaired) electrons. The van der Waals surface area contributed by atoms with Crippen LogP contribution >= 0.6 is 0 Å². The maximum absolute atomic E-state index is 8.71. The zero-order valence-corrected chi connectivity index (χ0v) is 11.6. The molecule has 4 heteroatoms. The summed E-state index contributed by atoms with van der Waals surface area (Å²) in [7, 11) is 0. The van der Waals surface area contributed by atoms with Crippen LogP contribution in [0.2, 0.25) is 0 Å². The fourth-order valence-corrected chi connectivity index (χ4v) is 2.04. The third-order valence-corrected chi connectivity index (χ3v) is 2.93. The first-order valence-corrected chi connectivity index (χ1v) is 6.33. The molecule has 18 heavy (non-hydrogen) atoms. The number of hydrogen-bond acceptors (Lipinski definition) is 3. The van der Waals surface area contributed by atoms with Crippen LogP contribution in [0.25, 0.3) is 0 Å². The van der Waals surface area contributed by atoms with E-state index in [9.17, 15) is 0 Å². The molecule has 4 nitrogen and oxygen atoms in total. The Bertz CT molecular complexity index is 427. The number of amidine groups is 1. The fourth-order valence-electron chi connectivity index (χ4n) is 2.04. The second-order valence-electron chi connectivity index (χ2n) is 4.92. The van der Waals surface area contributed by atoms with Crippen molar-refractivity contribution < 1.29 is 5.21 Å². The lowest BCUT2D eigenvalue weighted by Gasteiger charge is -2.26. The molecule has 0 aliphatic heterocycles. The van der Waals surface area contributed by atoms with Gasteiger partial charge >= 0.3 is 0 Å². The second kappa shape index (κ2) is 6.28. The topological polar surface area (TPSA) is 61.8 Å². The molecule has 1 rings (SSSR count). The molecule has 0 saturated carbocycles. The molecule has 0 fully saturated rings. The zero-order valence-electron chi connectivity index (χ0n) is 11.6. The highest BCUT2D eigenvalue weighted by Gasteiger charge is 2.09. The van der Waals surface area contributed by atoms with Gasteiger partial charge < -0.3 is 15.8 Å². The maximum Gasteiger partial charge on any atom is 0.170 e. The first-order chi connectivity index (χ1) is 8.49. The third-order valence-electron chi connectivity index (χ3n) is 2.93. The largest absolute Gasteiger partial charge is 0.409 e. The van der Waals surface area contributed by atoms with Crippen molar-refractivity contribution in [3.8, 4) is 0 Å². The van der Waals surface area contributed by atoms with Gasteiger partial charge in [-0.1, -0.05) is 19.0 Å². The van der Waals surface area contributed by atoms with Gasteiger partial charge in [-0.05, 0) is 43.5 Å². The summed E-state index contributed by atoms with van der Waals surface area (Å²) in [6.07, 6.45) is 0. The molecule has 3 N–H and O–H groups in total. The van der Waals surface area contributed by atoms with E-state index in [0.717, 1.165) is 24.2 Å². The van der Waals surface area contributed by atoms with Gasteiger partial charge in [0, 0.05) is 24.3 Å². The normalized spacial score (nSPS) is 11.9. The first-order valence-electron chi connectivity index (χ1n) is 6.33. The van der Waals surface area contributed by atoms with E-state index in [1.165, 1.54) is 5.69 Å². The van der Waals surface area contributed by atoms with E-state index in [-0.39, 0.29) is 5.84 Å². The molecule has 100 valence electrons. The van der Waals surface area contributed by atoms with Crippen LogP contribution in [-0.2, 0) is 0 Å². The molecule has 0 saturated heterocycles. The van der Waals surface area contributed by atoms with Gasteiger partial charge in [0.05, 0.1) is 0 Å². The Morgan fingerprint density at radius 1 is 1.44 bits per heavy atom. The molecule has 0 heterocycles. The van der Waals surface area contributed by atoms with Crippen LogP contribution in [0, 0.1) is 12.8 Å². The highest BCUT2D eigenvalue weighted by molar-refractivity contribution is 5.98. The fraction of sp³-hybridized carbons (Fsp3) is 0.500. The lowest BCUT2D eigenvalue weighted by Crippen LogP contribution is -2.27. The van der Waals surface area contributed by atoms with Gasteiger partial charge in [0.1, 0.15) is 0 Å². The number of benzene rings is 1. The van der Waals surface area contributed by atoms with E-state index in [0.29, 0.717) is 5.92 Å². The Balaban J connectivity index is 3.02. The minimum absolute atomic E-state index is 0.158. The average Bonchev–Trinajstić information content (AvgIpc) is 2.34. The molecule has 0 aromatic heterocycles. The van der Waals surface area contributed by atoms with E-state index in [4.69, 9.17) is 10.9 Å². The van der Waals surface area contributed by atoms with Gasteiger partial charge in [0.15, 0.2) is 5.84 Å². The average molecular weight is 249 g/mol.